The summed E-state index contributed by atoms with van der Waals surface area (Å²) < 4.78 is 14.9. The fourth-order valence-corrected chi connectivity index (χ4v) is 4.16. The number of rotatable bonds is 5. The van der Waals surface area contributed by atoms with E-state index in [0.29, 0.717) is 12.1 Å². The van der Waals surface area contributed by atoms with Crippen molar-refractivity contribution in [1.82, 2.24) is 4.90 Å². The van der Waals surface area contributed by atoms with E-state index in [0.717, 1.165) is 46.7 Å². The van der Waals surface area contributed by atoms with Gasteiger partial charge in [-0.3, -0.25) is 9.69 Å². The molecule has 0 spiro atoms. The molecule has 0 atom stereocenters. The maximum atomic E-state index is 13.9. The molecule has 4 nitrogen and oxygen atoms in total. The molecule has 6 heteroatoms. The van der Waals surface area contributed by atoms with E-state index in [1.54, 1.807) is 6.07 Å². The number of halogens is 2. The first-order chi connectivity index (χ1) is 14.6. The monoisotopic (exact) mass is 515 g/mol. The van der Waals surface area contributed by atoms with Gasteiger partial charge in [0.2, 0.25) is 0 Å². The Morgan fingerprint density at radius 2 is 1.67 bits per heavy atom. The van der Waals surface area contributed by atoms with Crippen LogP contribution in [0, 0.1) is 9.39 Å². The first kappa shape index (κ1) is 20.8. The fraction of sp³-hybridized carbons (Fsp3) is 0.208. The molecule has 0 aliphatic carbocycles. The van der Waals surface area contributed by atoms with Crippen LogP contribution in [0.3, 0.4) is 0 Å². The van der Waals surface area contributed by atoms with Gasteiger partial charge in [0.25, 0.3) is 5.91 Å². The van der Waals surface area contributed by atoms with Gasteiger partial charge in [0.05, 0.1) is 0 Å². The molecule has 1 heterocycles. The minimum Gasteiger partial charge on any atom is -0.369 e. The largest absolute Gasteiger partial charge is 0.369 e. The molecular formula is C24H23FIN3O. The molecule has 0 unspecified atom stereocenters. The van der Waals surface area contributed by atoms with Crippen LogP contribution in [0.25, 0.3) is 0 Å². The lowest BCUT2D eigenvalue weighted by Crippen LogP contribution is -2.46. The van der Waals surface area contributed by atoms with Crippen LogP contribution in [0.4, 0.5) is 15.8 Å². The topological polar surface area (TPSA) is 35.6 Å². The van der Waals surface area contributed by atoms with Gasteiger partial charge < -0.3 is 10.2 Å². The SMILES string of the molecule is O=C(Nc1ccc(N2CCN(Cc3ccccc3F)CC2)cc1)c1cccc(I)c1. The highest BCUT2D eigenvalue weighted by molar-refractivity contribution is 14.1. The van der Waals surface area contributed by atoms with Gasteiger partial charge in [-0.25, -0.2) is 4.39 Å². The molecule has 154 valence electrons. The second-order valence-electron chi connectivity index (χ2n) is 7.37. The Kier molecular flexibility index (Phi) is 6.64. The van der Waals surface area contributed by atoms with Crippen LogP contribution >= 0.6 is 22.6 Å². The number of carbonyl (C=O) groups excluding carboxylic acids is 1. The maximum Gasteiger partial charge on any atom is 0.255 e. The number of anilines is 2. The summed E-state index contributed by atoms with van der Waals surface area (Å²) in [7, 11) is 0. The second-order valence-corrected chi connectivity index (χ2v) is 8.61. The molecule has 1 saturated heterocycles. The second kappa shape index (κ2) is 9.57. The van der Waals surface area contributed by atoms with Crippen LogP contribution in [0.5, 0.6) is 0 Å². The average Bonchev–Trinajstić information content (AvgIpc) is 2.76. The normalized spacial score (nSPS) is 14.5. The van der Waals surface area contributed by atoms with E-state index >= 15 is 0 Å². The van der Waals surface area contributed by atoms with E-state index in [9.17, 15) is 9.18 Å². The summed E-state index contributed by atoms with van der Waals surface area (Å²) in [5, 5.41) is 2.95. The third kappa shape index (κ3) is 5.17. The van der Waals surface area contributed by atoms with Crippen molar-refractivity contribution in [2.24, 2.45) is 0 Å². The third-order valence-corrected chi connectivity index (χ3v) is 5.97. The molecule has 4 rings (SSSR count). The highest BCUT2D eigenvalue weighted by Crippen LogP contribution is 2.21. The highest BCUT2D eigenvalue weighted by atomic mass is 127. The van der Waals surface area contributed by atoms with E-state index < -0.39 is 0 Å². The van der Waals surface area contributed by atoms with Gasteiger partial charge >= 0.3 is 0 Å². The van der Waals surface area contributed by atoms with Gasteiger partial charge in [0.15, 0.2) is 0 Å². The van der Waals surface area contributed by atoms with Crippen molar-refractivity contribution >= 4 is 39.9 Å². The molecule has 1 amide bonds. The number of nitrogens with zero attached hydrogens (tertiary/aromatic N) is 2. The summed E-state index contributed by atoms with van der Waals surface area (Å²) in [5.41, 5.74) is 3.31. The number of benzene rings is 3. The van der Waals surface area contributed by atoms with Gasteiger partial charge in [0.1, 0.15) is 5.82 Å². The summed E-state index contributed by atoms with van der Waals surface area (Å²) in [5.74, 6) is -0.245. The maximum absolute atomic E-state index is 13.9. The number of carbonyl (C=O) groups is 1. The predicted molar refractivity (Wildman–Crippen MR) is 127 cm³/mol. The Balaban J connectivity index is 1.31. The van der Waals surface area contributed by atoms with Crippen molar-refractivity contribution in [2.45, 2.75) is 6.54 Å². The first-order valence-electron chi connectivity index (χ1n) is 9.96. The molecule has 0 saturated carbocycles. The lowest BCUT2D eigenvalue weighted by atomic mass is 10.1. The molecule has 3 aromatic carbocycles. The fourth-order valence-electron chi connectivity index (χ4n) is 3.62. The lowest BCUT2D eigenvalue weighted by Gasteiger charge is -2.36. The summed E-state index contributed by atoms with van der Waals surface area (Å²) in [6, 6.07) is 22.5. The van der Waals surface area contributed by atoms with Crippen molar-refractivity contribution < 1.29 is 9.18 Å². The van der Waals surface area contributed by atoms with Crippen LogP contribution in [0.15, 0.2) is 72.8 Å². The summed E-state index contributed by atoms with van der Waals surface area (Å²) in [4.78, 5) is 17.0. The van der Waals surface area contributed by atoms with Crippen molar-refractivity contribution in [3.63, 3.8) is 0 Å². The molecule has 3 aromatic rings. The number of hydrogen-bond acceptors (Lipinski definition) is 3. The number of hydrogen-bond donors (Lipinski definition) is 1. The molecular weight excluding hydrogens is 492 g/mol. The van der Waals surface area contributed by atoms with Crippen LogP contribution in [0.2, 0.25) is 0 Å². The van der Waals surface area contributed by atoms with Crippen LogP contribution in [-0.2, 0) is 6.54 Å². The zero-order valence-corrected chi connectivity index (χ0v) is 18.7. The summed E-state index contributed by atoms with van der Waals surface area (Å²) in [6.07, 6.45) is 0. The Morgan fingerprint density at radius 3 is 2.37 bits per heavy atom. The zero-order valence-electron chi connectivity index (χ0n) is 16.5. The lowest BCUT2D eigenvalue weighted by molar-refractivity contribution is 0.102. The van der Waals surface area contributed by atoms with Gasteiger partial charge in [-0.2, -0.15) is 0 Å². The van der Waals surface area contributed by atoms with Gasteiger partial charge in [-0.15, -0.1) is 0 Å². The van der Waals surface area contributed by atoms with E-state index in [1.165, 1.54) is 6.07 Å². The van der Waals surface area contributed by atoms with Gasteiger partial charge in [0, 0.05) is 58.8 Å². The molecule has 0 aromatic heterocycles. The van der Waals surface area contributed by atoms with Gasteiger partial charge in [-0.1, -0.05) is 24.3 Å². The van der Waals surface area contributed by atoms with E-state index in [-0.39, 0.29) is 11.7 Å². The number of piperazine rings is 1. The summed E-state index contributed by atoms with van der Waals surface area (Å²) >= 11 is 2.20. The molecule has 1 fully saturated rings. The molecule has 1 N–H and O–H groups in total. The van der Waals surface area contributed by atoms with Crippen molar-refractivity contribution in [1.29, 1.82) is 0 Å². The average molecular weight is 515 g/mol. The summed E-state index contributed by atoms with van der Waals surface area (Å²) in [6.45, 7) is 4.20. The Labute approximate surface area is 189 Å². The number of nitrogens with one attached hydrogen (secondary N) is 1. The quantitative estimate of drug-likeness (QED) is 0.486. The first-order valence-corrected chi connectivity index (χ1v) is 11.0. The molecule has 30 heavy (non-hydrogen) atoms. The standard InChI is InChI=1S/C24H23FIN3O/c25-23-7-2-1-4-19(23)17-28-12-14-29(15-13-28)22-10-8-21(9-11-22)27-24(30)18-5-3-6-20(26)16-18/h1-11,16H,12-15,17H2,(H,27,30). The molecule has 1 aliphatic heterocycles. The molecule has 0 radical (unpaired) electrons. The van der Waals surface area contributed by atoms with E-state index in [1.807, 2.05) is 60.7 Å². The predicted octanol–water partition coefficient (Wildman–Crippen LogP) is 5.00. The van der Waals surface area contributed by atoms with Crippen LogP contribution < -0.4 is 10.2 Å². The van der Waals surface area contributed by atoms with E-state index in [4.69, 9.17) is 0 Å². The number of amides is 1. The molecule has 1 aliphatic rings. The van der Waals surface area contributed by atoms with Crippen LogP contribution in [-0.4, -0.2) is 37.0 Å². The molecule has 0 bridgehead atoms. The highest BCUT2D eigenvalue weighted by Gasteiger charge is 2.18. The third-order valence-electron chi connectivity index (χ3n) is 5.30. The van der Waals surface area contributed by atoms with E-state index in [2.05, 4.69) is 37.7 Å². The van der Waals surface area contributed by atoms with Crippen molar-refractivity contribution in [3.05, 3.63) is 93.3 Å². The van der Waals surface area contributed by atoms with Crippen molar-refractivity contribution in [3.8, 4) is 0 Å². The smallest absolute Gasteiger partial charge is 0.255 e. The minimum atomic E-state index is -0.136. The zero-order chi connectivity index (χ0) is 20.9. The van der Waals surface area contributed by atoms with Crippen LogP contribution in [0.1, 0.15) is 15.9 Å². The van der Waals surface area contributed by atoms with Gasteiger partial charge in [-0.05, 0) is 71.1 Å². The Hall–Kier alpha value is -2.45. The van der Waals surface area contributed by atoms with Crippen molar-refractivity contribution in [2.75, 3.05) is 36.4 Å². The minimum absolute atomic E-state index is 0.108. The Morgan fingerprint density at radius 1 is 0.933 bits per heavy atom. The Bertz CT molecular complexity index is 1020.